The molecule has 4 nitrogen and oxygen atoms in total. The lowest BCUT2D eigenvalue weighted by Gasteiger charge is -2.22. The lowest BCUT2D eigenvalue weighted by molar-refractivity contribution is -0.131. The lowest BCUT2D eigenvalue weighted by Crippen LogP contribution is -2.32. The first-order valence-corrected chi connectivity index (χ1v) is 8.12. The number of hydrogen-bond donors (Lipinski definition) is 0. The van der Waals surface area contributed by atoms with Crippen LogP contribution >= 0.6 is 0 Å². The molecule has 0 bridgehead atoms. The molecule has 0 atom stereocenters. The molecule has 2 rings (SSSR count). The van der Waals surface area contributed by atoms with Gasteiger partial charge in [-0.25, -0.2) is 0 Å². The number of amides is 1. The maximum Gasteiger partial charge on any atom is 0.250 e. The molecule has 1 aromatic heterocycles. The predicted molar refractivity (Wildman–Crippen MR) is 96.8 cm³/mol. The molecule has 0 N–H and O–H groups in total. The Labute approximate surface area is 143 Å². The summed E-state index contributed by atoms with van der Waals surface area (Å²) in [5, 5.41) is 0. The van der Waals surface area contributed by atoms with E-state index in [1.165, 1.54) is 11.6 Å². The number of carbonyl (C=O) groups excluding carboxylic acids is 1. The smallest absolute Gasteiger partial charge is 0.250 e. The first kappa shape index (κ1) is 17.7. The van der Waals surface area contributed by atoms with Crippen LogP contribution in [0.15, 0.2) is 59.9 Å². The monoisotopic (exact) mass is 324 g/mol. The zero-order valence-electron chi connectivity index (χ0n) is 14.4. The molecule has 0 unspecified atom stereocenters. The van der Waals surface area contributed by atoms with Gasteiger partial charge in [0.2, 0.25) is 5.91 Å². The van der Waals surface area contributed by atoms with Gasteiger partial charge >= 0.3 is 0 Å². The number of rotatable bonds is 7. The molecular formula is C20H24N2O2. The molecule has 0 aliphatic rings. The summed E-state index contributed by atoms with van der Waals surface area (Å²) < 4.78 is 1.63. The van der Waals surface area contributed by atoms with Crippen LogP contribution in [0.1, 0.15) is 23.2 Å². The summed E-state index contributed by atoms with van der Waals surface area (Å²) in [5.74, 6) is 0.0191. The Bertz CT molecular complexity index is 760. The third-order valence-electron chi connectivity index (χ3n) is 4.01. The Hall–Kier alpha value is -2.62. The molecular weight excluding hydrogens is 300 g/mol. The van der Waals surface area contributed by atoms with Gasteiger partial charge in [0.15, 0.2) is 0 Å². The van der Waals surface area contributed by atoms with E-state index in [1.54, 1.807) is 21.6 Å². The Morgan fingerprint density at radius 3 is 2.50 bits per heavy atom. The normalized spacial score (nSPS) is 10.4. The molecule has 0 radical (unpaired) electrons. The summed E-state index contributed by atoms with van der Waals surface area (Å²) in [6.07, 6.45) is 2.02. The molecule has 0 fully saturated rings. The van der Waals surface area contributed by atoms with Crippen molar-refractivity contribution in [2.75, 3.05) is 6.54 Å². The first-order chi connectivity index (χ1) is 11.5. The van der Waals surface area contributed by atoms with E-state index < -0.39 is 0 Å². The van der Waals surface area contributed by atoms with Crippen LogP contribution < -0.4 is 5.56 Å². The van der Waals surface area contributed by atoms with Crippen molar-refractivity contribution in [1.82, 2.24) is 9.47 Å². The average molecular weight is 324 g/mol. The summed E-state index contributed by atoms with van der Waals surface area (Å²) in [4.78, 5) is 26.2. The van der Waals surface area contributed by atoms with Crippen molar-refractivity contribution in [3.05, 3.63) is 82.3 Å². The van der Waals surface area contributed by atoms with Gasteiger partial charge in [0.05, 0.1) is 0 Å². The molecule has 2 aromatic rings. The third kappa shape index (κ3) is 4.69. The molecule has 0 aliphatic heterocycles. The fourth-order valence-corrected chi connectivity index (χ4v) is 2.60. The molecule has 1 aromatic carbocycles. The lowest BCUT2D eigenvalue weighted by atomic mass is 10.1. The Morgan fingerprint density at radius 2 is 1.88 bits per heavy atom. The van der Waals surface area contributed by atoms with E-state index in [2.05, 4.69) is 6.58 Å². The fraction of sp³-hybridized carbons (Fsp3) is 0.300. The second-order valence-electron chi connectivity index (χ2n) is 5.96. The van der Waals surface area contributed by atoms with Gasteiger partial charge in [-0.3, -0.25) is 9.59 Å². The molecule has 4 heteroatoms. The van der Waals surface area contributed by atoms with Crippen LogP contribution in [0.25, 0.3) is 0 Å². The minimum absolute atomic E-state index is 0.0191. The number of carbonyl (C=O) groups is 1. The Kier molecular flexibility index (Phi) is 6.13. The standard InChI is InChI=1S/C20H24N2O2/c1-4-13-21(15-18-10-8-16(2)9-11-18)19(23)12-14-22-17(3)6-5-7-20(22)24/h4-11H,1,12-15H2,2-3H3. The SMILES string of the molecule is C=CCN(Cc1ccc(C)cc1)C(=O)CCn1c(C)cccc1=O. The van der Waals surface area contributed by atoms with Crippen molar-refractivity contribution in [2.45, 2.75) is 33.4 Å². The minimum atomic E-state index is -0.0726. The highest BCUT2D eigenvalue weighted by molar-refractivity contribution is 5.76. The zero-order chi connectivity index (χ0) is 17.5. The van der Waals surface area contributed by atoms with Crippen LogP contribution in [0.3, 0.4) is 0 Å². The van der Waals surface area contributed by atoms with Gasteiger partial charge in [0.1, 0.15) is 0 Å². The Balaban J connectivity index is 2.04. The van der Waals surface area contributed by atoms with E-state index in [4.69, 9.17) is 0 Å². The fourth-order valence-electron chi connectivity index (χ4n) is 2.60. The molecule has 1 amide bonds. The van der Waals surface area contributed by atoms with E-state index in [9.17, 15) is 9.59 Å². The van der Waals surface area contributed by atoms with Gasteiger partial charge in [0.25, 0.3) is 5.56 Å². The van der Waals surface area contributed by atoms with Crippen LogP contribution in [-0.4, -0.2) is 21.9 Å². The first-order valence-electron chi connectivity index (χ1n) is 8.12. The maximum absolute atomic E-state index is 12.6. The van der Waals surface area contributed by atoms with E-state index in [1.807, 2.05) is 44.2 Å². The number of pyridine rings is 1. The van der Waals surface area contributed by atoms with Crippen LogP contribution in [0.5, 0.6) is 0 Å². The largest absolute Gasteiger partial charge is 0.335 e. The summed E-state index contributed by atoms with van der Waals surface area (Å²) >= 11 is 0. The number of aromatic nitrogens is 1. The summed E-state index contributed by atoms with van der Waals surface area (Å²) in [5.41, 5.74) is 3.07. The van der Waals surface area contributed by atoms with Crippen molar-refractivity contribution < 1.29 is 4.79 Å². The van der Waals surface area contributed by atoms with Crippen LogP contribution in [0.4, 0.5) is 0 Å². The van der Waals surface area contributed by atoms with Crippen LogP contribution in [0, 0.1) is 13.8 Å². The van der Waals surface area contributed by atoms with Crippen LogP contribution in [0.2, 0.25) is 0 Å². The number of nitrogens with zero attached hydrogens (tertiary/aromatic N) is 2. The molecule has 0 saturated heterocycles. The van der Waals surface area contributed by atoms with Crippen molar-refractivity contribution >= 4 is 5.91 Å². The molecule has 24 heavy (non-hydrogen) atoms. The summed E-state index contributed by atoms with van der Waals surface area (Å²) in [7, 11) is 0. The predicted octanol–water partition coefficient (Wildman–Crippen LogP) is 3.07. The van der Waals surface area contributed by atoms with Crippen molar-refractivity contribution in [3.63, 3.8) is 0 Å². The van der Waals surface area contributed by atoms with Gasteiger partial charge in [-0.05, 0) is 25.5 Å². The second kappa shape index (κ2) is 8.29. The molecule has 0 aliphatic carbocycles. The van der Waals surface area contributed by atoms with Gasteiger partial charge in [-0.1, -0.05) is 42.0 Å². The number of hydrogen-bond acceptors (Lipinski definition) is 2. The summed E-state index contributed by atoms with van der Waals surface area (Å²) in [6, 6.07) is 13.3. The van der Waals surface area contributed by atoms with Gasteiger partial charge in [-0.2, -0.15) is 0 Å². The maximum atomic E-state index is 12.6. The quantitative estimate of drug-likeness (QED) is 0.735. The van der Waals surface area contributed by atoms with Crippen molar-refractivity contribution in [1.29, 1.82) is 0 Å². The van der Waals surface area contributed by atoms with E-state index in [-0.39, 0.29) is 11.5 Å². The highest BCUT2D eigenvalue weighted by Crippen LogP contribution is 2.09. The average Bonchev–Trinajstić information content (AvgIpc) is 2.55. The van der Waals surface area contributed by atoms with E-state index in [0.717, 1.165) is 11.3 Å². The highest BCUT2D eigenvalue weighted by Gasteiger charge is 2.13. The van der Waals surface area contributed by atoms with Gasteiger partial charge < -0.3 is 9.47 Å². The third-order valence-corrected chi connectivity index (χ3v) is 4.01. The topological polar surface area (TPSA) is 42.3 Å². The van der Waals surface area contributed by atoms with Gasteiger partial charge in [0, 0.05) is 37.8 Å². The molecule has 0 spiro atoms. The number of aryl methyl sites for hydroxylation is 2. The zero-order valence-corrected chi connectivity index (χ0v) is 14.4. The molecule has 1 heterocycles. The summed E-state index contributed by atoms with van der Waals surface area (Å²) in [6.45, 7) is 9.09. The van der Waals surface area contributed by atoms with E-state index in [0.29, 0.717) is 26.1 Å². The van der Waals surface area contributed by atoms with Crippen molar-refractivity contribution in [3.8, 4) is 0 Å². The van der Waals surface area contributed by atoms with Crippen molar-refractivity contribution in [2.24, 2.45) is 0 Å². The van der Waals surface area contributed by atoms with Crippen LogP contribution in [-0.2, 0) is 17.9 Å². The number of benzene rings is 1. The second-order valence-corrected chi connectivity index (χ2v) is 5.96. The van der Waals surface area contributed by atoms with Gasteiger partial charge in [-0.15, -0.1) is 6.58 Å². The molecule has 126 valence electrons. The highest BCUT2D eigenvalue weighted by atomic mass is 16.2. The minimum Gasteiger partial charge on any atom is -0.335 e. The Morgan fingerprint density at radius 1 is 1.17 bits per heavy atom. The van der Waals surface area contributed by atoms with E-state index >= 15 is 0 Å². The molecule has 0 saturated carbocycles.